The molecule has 0 spiro atoms. The molecule has 2 aromatic carbocycles. The largest absolute Gasteiger partial charge is 0.337 e. The van der Waals surface area contributed by atoms with Crippen molar-refractivity contribution in [3.8, 4) is 11.8 Å². The summed E-state index contributed by atoms with van der Waals surface area (Å²) in [6, 6.07) is 20.6. The van der Waals surface area contributed by atoms with Crippen LogP contribution in [0.15, 0.2) is 54.6 Å². The summed E-state index contributed by atoms with van der Waals surface area (Å²) < 4.78 is 2.21. The van der Waals surface area contributed by atoms with E-state index in [4.69, 9.17) is 0 Å². The maximum absolute atomic E-state index is 9.70. The molecule has 4 aromatic rings. The summed E-state index contributed by atoms with van der Waals surface area (Å²) in [4.78, 5) is 7.79. The van der Waals surface area contributed by atoms with Crippen molar-refractivity contribution in [2.24, 2.45) is 0 Å². The van der Waals surface area contributed by atoms with Crippen molar-refractivity contribution < 1.29 is 0 Å². The number of aromatic amines is 1. The van der Waals surface area contributed by atoms with Crippen molar-refractivity contribution in [1.82, 2.24) is 14.5 Å². The number of para-hydroxylation sites is 2. The average Bonchev–Trinajstić information content (AvgIpc) is 3.21. The van der Waals surface area contributed by atoms with E-state index in [-0.39, 0.29) is 0 Å². The lowest BCUT2D eigenvalue weighted by atomic mass is 10.1. The van der Waals surface area contributed by atoms with Crippen LogP contribution < -0.4 is 0 Å². The van der Waals surface area contributed by atoms with Crippen LogP contribution in [0.4, 0.5) is 0 Å². The molecule has 2 aromatic heterocycles. The number of hydrogen-bond acceptors (Lipinski definition) is 2. The molecule has 0 bridgehead atoms. The number of aryl methyl sites for hydroxylation is 2. The third kappa shape index (κ3) is 3.04. The Kier molecular flexibility index (Phi) is 4.13. The van der Waals surface area contributed by atoms with Gasteiger partial charge in [-0.25, -0.2) is 4.98 Å². The van der Waals surface area contributed by atoms with Crippen molar-refractivity contribution >= 4 is 22.7 Å². The van der Waals surface area contributed by atoms with Crippen LogP contribution >= 0.6 is 0 Å². The Morgan fingerprint density at radius 2 is 1.81 bits per heavy atom. The second kappa shape index (κ2) is 6.62. The topological polar surface area (TPSA) is 57.4 Å². The van der Waals surface area contributed by atoms with Gasteiger partial charge in [0.15, 0.2) is 0 Å². The molecule has 1 N–H and O–H groups in total. The molecule has 0 fully saturated rings. The van der Waals surface area contributed by atoms with E-state index in [0.717, 1.165) is 33.7 Å². The lowest BCUT2D eigenvalue weighted by Gasteiger charge is -2.10. The molecule has 0 saturated carbocycles. The smallest absolute Gasteiger partial charge is 0.149 e. The first-order chi connectivity index (χ1) is 13.1. The van der Waals surface area contributed by atoms with Gasteiger partial charge < -0.3 is 9.55 Å². The Morgan fingerprint density at radius 1 is 1.07 bits per heavy atom. The number of nitriles is 1. The molecular weight excluding hydrogens is 332 g/mol. The van der Waals surface area contributed by atoms with Gasteiger partial charge in [-0.3, -0.25) is 0 Å². The number of benzene rings is 2. The van der Waals surface area contributed by atoms with Crippen molar-refractivity contribution in [2.75, 3.05) is 0 Å². The van der Waals surface area contributed by atoms with Crippen molar-refractivity contribution in [3.63, 3.8) is 0 Å². The minimum Gasteiger partial charge on any atom is -0.337 e. The summed E-state index contributed by atoms with van der Waals surface area (Å²) in [5, 5.41) is 9.70. The Hall–Kier alpha value is -3.58. The van der Waals surface area contributed by atoms with Crippen LogP contribution in [0.5, 0.6) is 0 Å². The molecule has 27 heavy (non-hydrogen) atoms. The van der Waals surface area contributed by atoms with Crippen LogP contribution in [0.2, 0.25) is 0 Å². The SMILES string of the molecule is Cc1ccc(-n2c(C)cc(/C=C(/C#N)c3nc4ccccc4[nH]3)c2C)cc1. The zero-order valence-electron chi connectivity index (χ0n) is 15.6. The number of H-pyrrole nitrogens is 1. The zero-order valence-corrected chi connectivity index (χ0v) is 15.6. The highest BCUT2D eigenvalue weighted by molar-refractivity contribution is 5.90. The molecule has 4 nitrogen and oxygen atoms in total. The van der Waals surface area contributed by atoms with Gasteiger partial charge in [-0.05, 0) is 62.7 Å². The summed E-state index contributed by atoms with van der Waals surface area (Å²) in [7, 11) is 0. The van der Waals surface area contributed by atoms with Crippen LogP contribution in [-0.2, 0) is 0 Å². The maximum atomic E-state index is 9.70. The molecule has 4 heteroatoms. The van der Waals surface area contributed by atoms with Crippen molar-refractivity contribution in [2.45, 2.75) is 20.8 Å². The lowest BCUT2D eigenvalue weighted by Crippen LogP contribution is -1.99. The highest BCUT2D eigenvalue weighted by Crippen LogP contribution is 2.25. The minimum atomic E-state index is 0.523. The van der Waals surface area contributed by atoms with Crippen LogP contribution in [0.1, 0.15) is 28.3 Å². The summed E-state index contributed by atoms with van der Waals surface area (Å²) in [6.07, 6.45) is 1.91. The first-order valence-corrected chi connectivity index (χ1v) is 8.90. The molecular formula is C23H20N4. The quantitative estimate of drug-likeness (QED) is 0.506. The molecule has 0 radical (unpaired) electrons. The summed E-state index contributed by atoms with van der Waals surface area (Å²) >= 11 is 0. The zero-order chi connectivity index (χ0) is 19.0. The van der Waals surface area contributed by atoms with E-state index in [2.05, 4.69) is 71.7 Å². The van der Waals surface area contributed by atoms with Crippen molar-refractivity contribution in [1.29, 1.82) is 5.26 Å². The Balaban J connectivity index is 1.79. The summed E-state index contributed by atoms with van der Waals surface area (Å²) in [5.41, 5.74) is 7.91. The lowest BCUT2D eigenvalue weighted by molar-refractivity contribution is 0.963. The van der Waals surface area contributed by atoms with Gasteiger partial charge in [-0.1, -0.05) is 29.8 Å². The number of nitrogens with one attached hydrogen (secondary N) is 1. The second-order valence-electron chi connectivity index (χ2n) is 6.77. The molecule has 132 valence electrons. The molecule has 0 aliphatic rings. The standard InChI is InChI=1S/C23H20N4/c1-15-8-10-20(11-9-15)27-16(2)12-18(17(27)3)13-19(14-24)23-25-21-6-4-5-7-22(21)26-23/h4-13H,1-3H3,(H,25,26)/b19-13-. The second-order valence-corrected chi connectivity index (χ2v) is 6.77. The predicted octanol–water partition coefficient (Wildman–Crippen LogP) is 5.34. The Labute approximate surface area is 158 Å². The van der Waals surface area contributed by atoms with Crippen LogP contribution in [-0.4, -0.2) is 14.5 Å². The molecule has 0 aliphatic carbocycles. The van der Waals surface area contributed by atoms with Gasteiger partial charge in [0.1, 0.15) is 11.9 Å². The summed E-state index contributed by atoms with van der Waals surface area (Å²) in [6.45, 7) is 6.24. The molecule has 0 atom stereocenters. The maximum Gasteiger partial charge on any atom is 0.149 e. The van der Waals surface area contributed by atoms with E-state index in [0.29, 0.717) is 11.4 Å². The molecule has 0 amide bonds. The fourth-order valence-corrected chi connectivity index (χ4v) is 3.41. The first kappa shape index (κ1) is 16.9. The van der Waals surface area contributed by atoms with E-state index in [1.165, 1.54) is 5.56 Å². The third-order valence-electron chi connectivity index (χ3n) is 4.83. The monoisotopic (exact) mass is 352 g/mol. The van der Waals surface area contributed by atoms with Crippen LogP contribution in [0, 0.1) is 32.1 Å². The highest BCUT2D eigenvalue weighted by atomic mass is 15.0. The predicted molar refractivity (Wildman–Crippen MR) is 110 cm³/mol. The van der Waals surface area contributed by atoms with Crippen LogP contribution in [0.25, 0.3) is 28.4 Å². The average molecular weight is 352 g/mol. The van der Waals surface area contributed by atoms with Crippen LogP contribution in [0.3, 0.4) is 0 Å². The van der Waals surface area contributed by atoms with Gasteiger partial charge in [0.05, 0.1) is 16.6 Å². The van der Waals surface area contributed by atoms with Crippen molar-refractivity contribution in [3.05, 3.63) is 82.9 Å². The van der Waals surface area contributed by atoms with Gasteiger partial charge in [-0.2, -0.15) is 5.26 Å². The number of hydrogen-bond donors (Lipinski definition) is 1. The normalized spacial score (nSPS) is 11.7. The van der Waals surface area contributed by atoms with Gasteiger partial charge in [-0.15, -0.1) is 0 Å². The number of nitrogens with zero attached hydrogens (tertiary/aromatic N) is 3. The fraction of sp³-hybridized carbons (Fsp3) is 0.130. The van der Waals surface area contributed by atoms with Gasteiger partial charge in [0, 0.05) is 17.1 Å². The number of allylic oxidation sites excluding steroid dienone is 1. The number of rotatable bonds is 3. The number of fused-ring (bicyclic) bond motifs is 1. The van der Waals surface area contributed by atoms with E-state index >= 15 is 0 Å². The van der Waals surface area contributed by atoms with Gasteiger partial charge in [0.25, 0.3) is 0 Å². The van der Waals surface area contributed by atoms with Gasteiger partial charge in [0.2, 0.25) is 0 Å². The molecule has 0 saturated heterocycles. The fourth-order valence-electron chi connectivity index (χ4n) is 3.41. The van der Waals surface area contributed by atoms with Gasteiger partial charge >= 0.3 is 0 Å². The summed E-state index contributed by atoms with van der Waals surface area (Å²) in [5.74, 6) is 0.596. The van der Waals surface area contributed by atoms with E-state index in [1.807, 2.05) is 30.3 Å². The third-order valence-corrected chi connectivity index (χ3v) is 4.83. The highest BCUT2D eigenvalue weighted by Gasteiger charge is 2.12. The van der Waals surface area contributed by atoms with E-state index in [1.54, 1.807) is 0 Å². The molecule has 0 aliphatic heterocycles. The minimum absolute atomic E-state index is 0.523. The van der Waals surface area contributed by atoms with E-state index in [9.17, 15) is 5.26 Å². The number of aromatic nitrogens is 3. The molecule has 4 rings (SSSR count). The number of imidazole rings is 1. The Morgan fingerprint density at radius 3 is 2.52 bits per heavy atom. The van der Waals surface area contributed by atoms with E-state index < -0.39 is 0 Å². The Bertz CT molecular complexity index is 1160. The molecule has 0 unspecified atom stereocenters. The molecule has 2 heterocycles. The first-order valence-electron chi connectivity index (χ1n) is 8.90.